The number of nitrogens with zero attached hydrogens (tertiary/aromatic N) is 1. The van der Waals surface area contributed by atoms with Gasteiger partial charge in [0.25, 0.3) is 5.91 Å². The molecule has 0 aliphatic heterocycles. The molecule has 1 aromatic heterocycles. The predicted octanol–water partition coefficient (Wildman–Crippen LogP) is 5.77. The van der Waals surface area contributed by atoms with E-state index in [-0.39, 0.29) is 12.5 Å². The van der Waals surface area contributed by atoms with Gasteiger partial charge in [-0.05, 0) is 23.6 Å². The number of rotatable bonds is 4. The van der Waals surface area contributed by atoms with Gasteiger partial charge in [0.05, 0.1) is 14.7 Å². The molecule has 130 valence electrons. The molecular formula is C19H12Cl2N2O2S. The number of carbonyl (C=O) groups is 1. The van der Waals surface area contributed by atoms with Crippen LogP contribution < -0.4 is 10.1 Å². The van der Waals surface area contributed by atoms with Crippen molar-refractivity contribution < 1.29 is 9.53 Å². The second kappa shape index (κ2) is 7.11. The first-order chi connectivity index (χ1) is 12.6. The van der Waals surface area contributed by atoms with Gasteiger partial charge in [0, 0.05) is 5.39 Å². The van der Waals surface area contributed by atoms with Crippen LogP contribution in [0.15, 0.2) is 54.6 Å². The Labute approximate surface area is 163 Å². The number of nitrogens with one attached hydrogen (secondary N) is 1. The van der Waals surface area contributed by atoms with Crippen molar-refractivity contribution in [3.05, 3.63) is 64.6 Å². The summed E-state index contributed by atoms with van der Waals surface area (Å²) in [4.78, 5) is 16.6. The Bertz CT molecular complexity index is 1120. The number of amides is 1. The number of anilines is 1. The summed E-state index contributed by atoms with van der Waals surface area (Å²) >= 11 is 13.5. The van der Waals surface area contributed by atoms with Crippen molar-refractivity contribution in [1.82, 2.24) is 4.98 Å². The Hall–Kier alpha value is -2.34. The minimum Gasteiger partial charge on any atom is -0.483 e. The molecule has 4 aromatic rings. The predicted molar refractivity (Wildman–Crippen MR) is 108 cm³/mol. The van der Waals surface area contributed by atoms with Crippen LogP contribution in [0.4, 0.5) is 5.13 Å². The molecule has 0 atom stereocenters. The molecule has 4 nitrogen and oxygen atoms in total. The van der Waals surface area contributed by atoms with E-state index in [1.165, 1.54) is 11.3 Å². The van der Waals surface area contributed by atoms with Gasteiger partial charge in [-0.3, -0.25) is 10.1 Å². The first kappa shape index (κ1) is 17.1. The fraction of sp³-hybridized carbons (Fsp3) is 0.0526. The lowest BCUT2D eigenvalue weighted by Crippen LogP contribution is -2.20. The van der Waals surface area contributed by atoms with E-state index in [0.717, 1.165) is 15.5 Å². The van der Waals surface area contributed by atoms with Crippen LogP contribution in [0.5, 0.6) is 5.75 Å². The minimum absolute atomic E-state index is 0.113. The average Bonchev–Trinajstić information content (AvgIpc) is 3.06. The third-order valence-electron chi connectivity index (χ3n) is 3.81. The summed E-state index contributed by atoms with van der Waals surface area (Å²) in [5.74, 6) is 0.372. The van der Waals surface area contributed by atoms with Crippen LogP contribution in [0.25, 0.3) is 21.0 Å². The zero-order valence-electron chi connectivity index (χ0n) is 13.3. The van der Waals surface area contributed by atoms with Crippen LogP contribution in [0.2, 0.25) is 10.0 Å². The van der Waals surface area contributed by atoms with Crippen molar-refractivity contribution in [2.45, 2.75) is 0 Å². The average molecular weight is 403 g/mol. The van der Waals surface area contributed by atoms with Crippen molar-refractivity contribution in [3.8, 4) is 5.75 Å². The monoisotopic (exact) mass is 402 g/mol. The normalized spacial score (nSPS) is 11.0. The minimum atomic E-state index is -0.292. The van der Waals surface area contributed by atoms with E-state index in [1.54, 1.807) is 6.07 Å². The molecule has 0 saturated heterocycles. The topological polar surface area (TPSA) is 51.2 Å². The number of aromatic nitrogens is 1. The summed E-state index contributed by atoms with van der Waals surface area (Å²) in [5.41, 5.74) is 0.578. The largest absolute Gasteiger partial charge is 0.483 e. The molecule has 0 fully saturated rings. The van der Waals surface area contributed by atoms with E-state index >= 15 is 0 Å². The van der Waals surface area contributed by atoms with Gasteiger partial charge >= 0.3 is 0 Å². The van der Waals surface area contributed by atoms with E-state index < -0.39 is 0 Å². The molecule has 0 spiro atoms. The molecule has 1 N–H and O–H groups in total. The van der Waals surface area contributed by atoms with Gasteiger partial charge in [-0.25, -0.2) is 4.98 Å². The fourth-order valence-electron chi connectivity index (χ4n) is 2.61. The molecular weight excluding hydrogens is 391 g/mol. The summed E-state index contributed by atoms with van der Waals surface area (Å²) in [7, 11) is 0. The highest BCUT2D eigenvalue weighted by atomic mass is 35.5. The maximum Gasteiger partial charge on any atom is 0.264 e. The molecule has 0 saturated carbocycles. The fourth-order valence-corrected chi connectivity index (χ4v) is 3.92. The second-order valence-corrected chi connectivity index (χ2v) is 7.36. The summed E-state index contributed by atoms with van der Waals surface area (Å²) in [5, 5.41) is 6.03. The standard InChI is InChI=1S/C19H12Cl2N2O2S/c20-13-8-9-15-18(17(13)21)23-19(26-15)22-16(24)10-25-14-7-3-5-11-4-1-2-6-12(11)14/h1-9H,10H2,(H,22,23,24). The van der Waals surface area contributed by atoms with Gasteiger partial charge in [0.15, 0.2) is 11.7 Å². The van der Waals surface area contributed by atoms with Crippen molar-refractivity contribution in [2.24, 2.45) is 0 Å². The van der Waals surface area contributed by atoms with Crippen LogP contribution in [0, 0.1) is 0 Å². The molecule has 3 aromatic carbocycles. The summed E-state index contributed by atoms with van der Waals surface area (Å²) in [6.45, 7) is -0.113. The lowest BCUT2D eigenvalue weighted by Gasteiger charge is -2.08. The molecule has 0 radical (unpaired) electrons. The first-order valence-electron chi connectivity index (χ1n) is 7.77. The summed E-state index contributed by atoms with van der Waals surface area (Å²) in [6.07, 6.45) is 0. The molecule has 0 bridgehead atoms. The number of carbonyl (C=O) groups excluding carboxylic acids is 1. The third kappa shape index (κ3) is 3.33. The van der Waals surface area contributed by atoms with Crippen molar-refractivity contribution >= 4 is 66.6 Å². The van der Waals surface area contributed by atoms with Gasteiger partial charge in [-0.2, -0.15) is 0 Å². The maximum atomic E-state index is 12.2. The molecule has 1 heterocycles. The Morgan fingerprint density at radius 2 is 1.88 bits per heavy atom. The van der Waals surface area contributed by atoms with Gasteiger partial charge in [0.1, 0.15) is 11.3 Å². The van der Waals surface area contributed by atoms with Crippen molar-refractivity contribution in [2.75, 3.05) is 11.9 Å². The third-order valence-corrected chi connectivity index (χ3v) is 5.54. The Kier molecular flexibility index (Phi) is 4.68. The lowest BCUT2D eigenvalue weighted by molar-refractivity contribution is -0.118. The van der Waals surface area contributed by atoms with Crippen LogP contribution in [-0.2, 0) is 4.79 Å². The van der Waals surface area contributed by atoms with Gasteiger partial charge < -0.3 is 4.74 Å². The van der Waals surface area contributed by atoms with Crippen LogP contribution >= 0.6 is 34.5 Å². The molecule has 0 unspecified atom stereocenters. The number of thiazole rings is 1. The van der Waals surface area contributed by atoms with E-state index in [2.05, 4.69) is 10.3 Å². The highest BCUT2D eigenvalue weighted by Crippen LogP contribution is 2.35. The van der Waals surface area contributed by atoms with E-state index in [9.17, 15) is 4.79 Å². The van der Waals surface area contributed by atoms with Crippen molar-refractivity contribution in [1.29, 1.82) is 0 Å². The summed E-state index contributed by atoms with van der Waals surface area (Å²) in [6, 6.07) is 17.1. The van der Waals surface area contributed by atoms with Crippen LogP contribution in [0.1, 0.15) is 0 Å². The van der Waals surface area contributed by atoms with Gasteiger partial charge in [0.2, 0.25) is 0 Å². The van der Waals surface area contributed by atoms with Crippen LogP contribution in [-0.4, -0.2) is 17.5 Å². The highest BCUT2D eigenvalue weighted by Gasteiger charge is 2.13. The van der Waals surface area contributed by atoms with Crippen LogP contribution in [0.3, 0.4) is 0 Å². The molecule has 0 aliphatic rings. The number of halogens is 2. The van der Waals surface area contributed by atoms with E-state index in [1.807, 2.05) is 48.5 Å². The molecule has 0 aliphatic carbocycles. The van der Waals surface area contributed by atoms with Gasteiger partial charge in [-0.1, -0.05) is 70.9 Å². The zero-order valence-corrected chi connectivity index (χ0v) is 15.7. The number of fused-ring (bicyclic) bond motifs is 2. The maximum absolute atomic E-state index is 12.2. The smallest absolute Gasteiger partial charge is 0.264 e. The number of benzene rings is 3. The Morgan fingerprint density at radius 3 is 2.77 bits per heavy atom. The molecule has 4 rings (SSSR count). The SMILES string of the molecule is O=C(COc1cccc2ccccc12)Nc1nc2c(Cl)c(Cl)ccc2s1. The summed E-state index contributed by atoms with van der Waals surface area (Å²) < 4.78 is 6.54. The van der Waals surface area contributed by atoms with Gasteiger partial charge in [-0.15, -0.1) is 0 Å². The Morgan fingerprint density at radius 1 is 1.08 bits per heavy atom. The quantitative estimate of drug-likeness (QED) is 0.470. The molecule has 1 amide bonds. The number of hydrogen-bond donors (Lipinski definition) is 1. The number of ether oxygens (including phenoxy) is 1. The second-order valence-electron chi connectivity index (χ2n) is 5.54. The Balaban J connectivity index is 1.48. The van der Waals surface area contributed by atoms with E-state index in [4.69, 9.17) is 27.9 Å². The first-order valence-corrected chi connectivity index (χ1v) is 9.34. The number of hydrogen-bond acceptors (Lipinski definition) is 4. The van der Waals surface area contributed by atoms with E-state index in [0.29, 0.717) is 26.4 Å². The van der Waals surface area contributed by atoms with Crippen molar-refractivity contribution in [3.63, 3.8) is 0 Å². The lowest BCUT2D eigenvalue weighted by atomic mass is 10.1. The highest BCUT2D eigenvalue weighted by molar-refractivity contribution is 7.22. The molecule has 7 heteroatoms. The molecule has 26 heavy (non-hydrogen) atoms. The zero-order chi connectivity index (χ0) is 18.1.